The topological polar surface area (TPSA) is 85.3 Å². The van der Waals surface area contributed by atoms with E-state index in [2.05, 4.69) is 20.7 Å². The quantitative estimate of drug-likeness (QED) is 0.855. The Kier molecular flexibility index (Phi) is 4.32. The van der Waals surface area contributed by atoms with Gasteiger partial charge in [0.1, 0.15) is 10.7 Å². The molecule has 1 aromatic rings. The van der Waals surface area contributed by atoms with E-state index in [1.807, 2.05) is 6.92 Å². The van der Waals surface area contributed by atoms with Crippen LogP contribution in [0.1, 0.15) is 19.1 Å². The number of furan rings is 1. The predicted molar refractivity (Wildman–Crippen MR) is 59.8 cm³/mol. The third-order valence-corrected chi connectivity index (χ3v) is 4.06. The van der Waals surface area contributed by atoms with Crippen molar-refractivity contribution in [2.75, 3.05) is 6.54 Å². The van der Waals surface area contributed by atoms with Gasteiger partial charge in [-0.3, -0.25) is 0 Å². The van der Waals surface area contributed by atoms with Gasteiger partial charge in [0.2, 0.25) is 10.0 Å². The molecule has 0 aliphatic rings. The molecule has 0 radical (unpaired) electrons. The molecule has 0 aliphatic heterocycles. The van der Waals surface area contributed by atoms with Crippen LogP contribution in [0.15, 0.2) is 20.0 Å². The number of hydrogen-bond acceptors (Lipinski definition) is 4. The van der Waals surface area contributed by atoms with Crippen LogP contribution in [0.2, 0.25) is 0 Å². The largest absolute Gasteiger partial charge is 0.452 e. The van der Waals surface area contributed by atoms with Crippen molar-refractivity contribution in [2.24, 2.45) is 5.73 Å². The molecule has 0 unspecified atom stereocenters. The molecule has 5 nitrogen and oxygen atoms in total. The number of sulfonamides is 1. The lowest BCUT2D eigenvalue weighted by atomic mass is 10.5. The van der Waals surface area contributed by atoms with Gasteiger partial charge in [-0.1, -0.05) is 6.92 Å². The van der Waals surface area contributed by atoms with Crippen molar-refractivity contribution >= 4 is 26.0 Å². The molecule has 1 rings (SSSR count). The van der Waals surface area contributed by atoms with Crippen molar-refractivity contribution < 1.29 is 12.8 Å². The van der Waals surface area contributed by atoms with E-state index in [1.54, 1.807) is 0 Å². The molecule has 15 heavy (non-hydrogen) atoms. The van der Waals surface area contributed by atoms with E-state index in [-0.39, 0.29) is 16.1 Å². The maximum absolute atomic E-state index is 11.7. The Labute approximate surface area is 97.2 Å². The minimum Gasteiger partial charge on any atom is -0.452 e. The van der Waals surface area contributed by atoms with Crippen LogP contribution in [-0.2, 0) is 16.6 Å². The molecule has 0 fully saturated rings. The highest BCUT2D eigenvalue weighted by Gasteiger charge is 2.21. The summed E-state index contributed by atoms with van der Waals surface area (Å²) < 4.78 is 31.1. The zero-order chi connectivity index (χ0) is 11.5. The zero-order valence-electron chi connectivity index (χ0n) is 8.29. The molecule has 0 aromatic carbocycles. The van der Waals surface area contributed by atoms with Gasteiger partial charge >= 0.3 is 0 Å². The van der Waals surface area contributed by atoms with Crippen LogP contribution in [0.25, 0.3) is 0 Å². The van der Waals surface area contributed by atoms with Crippen LogP contribution >= 0.6 is 15.9 Å². The predicted octanol–water partition coefficient (Wildman–Crippen LogP) is 1.19. The Morgan fingerprint density at radius 1 is 1.60 bits per heavy atom. The normalized spacial score (nSPS) is 11.9. The van der Waals surface area contributed by atoms with Gasteiger partial charge in [-0.15, -0.1) is 0 Å². The lowest BCUT2D eigenvalue weighted by Crippen LogP contribution is -2.24. The Morgan fingerprint density at radius 3 is 2.73 bits per heavy atom. The maximum atomic E-state index is 11.7. The molecular formula is C8H13BrN2O3S. The Bertz CT molecular complexity index is 427. The second kappa shape index (κ2) is 5.11. The van der Waals surface area contributed by atoms with Crippen molar-refractivity contribution in [3.8, 4) is 0 Å². The van der Waals surface area contributed by atoms with Gasteiger partial charge in [-0.2, -0.15) is 0 Å². The van der Waals surface area contributed by atoms with Crippen molar-refractivity contribution in [2.45, 2.75) is 24.8 Å². The minimum atomic E-state index is -3.49. The van der Waals surface area contributed by atoms with E-state index in [9.17, 15) is 8.42 Å². The van der Waals surface area contributed by atoms with Crippen LogP contribution in [0.3, 0.4) is 0 Å². The summed E-state index contributed by atoms with van der Waals surface area (Å²) in [6.45, 7) is 2.46. The van der Waals surface area contributed by atoms with Crippen molar-refractivity contribution in [1.82, 2.24) is 4.72 Å². The highest BCUT2D eigenvalue weighted by molar-refractivity contribution is 9.10. The monoisotopic (exact) mass is 296 g/mol. The summed E-state index contributed by atoms with van der Waals surface area (Å²) in [5.41, 5.74) is 5.35. The van der Waals surface area contributed by atoms with Gasteiger partial charge in [-0.25, -0.2) is 13.1 Å². The number of hydrogen-bond donors (Lipinski definition) is 2. The van der Waals surface area contributed by atoms with Gasteiger partial charge in [0.15, 0.2) is 4.67 Å². The molecule has 1 heterocycles. The number of rotatable bonds is 5. The summed E-state index contributed by atoms with van der Waals surface area (Å²) in [5, 5.41) is 0. The standard InChI is InChI=1S/C8H13BrN2O3S/c1-2-3-11-15(12,13)7-4-6(5-10)14-8(7)9/h4,11H,2-3,5,10H2,1H3. The maximum Gasteiger partial charge on any atom is 0.244 e. The summed E-state index contributed by atoms with van der Waals surface area (Å²) in [6.07, 6.45) is 0.735. The molecule has 0 spiro atoms. The lowest BCUT2D eigenvalue weighted by Gasteiger charge is -2.02. The first-order valence-corrected chi connectivity index (χ1v) is 6.76. The molecule has 0 saturated carbocycles. The summed E-state index contributed by atoms with van der Waals surface area (Å²) in [6, 6.07) is 1.42. The Hall–Kier alpha value is -0.370. The van der Waals surface area contributed by atoms with E-state index < -0.39 is 10.0 Å². The lowest BCUT2D eigenvalue weighted by molar-refractivity contribution is 0.483. The Balaban J connectivity index is 2.99. The fourth-order valence-electron chi connectivity index (χ4n) is 0.996. The molecule has 86 valence electrons. The molecule has 0 bridgehead atoms. The summed E-state index contributed by atoms with van der Waals surface area (Å²) in [4.78, 5) is 0.0939. The van der Waals surface area contributed by atoms with Gasteiger partial charge in [0.25, 0.3) is 0 Å². The van der Waals surface area contributed by atoms with Crippen LogP contribution in [0.5, 0.6) is 0 Å². The number of nitrogens with one attached hydrogen (secondary N) is 1. The van der Waals surface area contributed by atoms with E-state index in [4.69, 9.17) is 10.2 Å². The molecular weight excluding hydrogens is 284 g/mol. The molecule has 0 aliphatic carbocycles. The van der Waals surface area contributed by atoms with Crippen LogP contribution in [0.4, 0.5) is 0 Å². The first-order chi connectivity index (χ1) is 7.01. The molecule has 3 N–H and O–H groups in total. The van der Waals surface area contributed by atoms with Crippen LogP contribution in [0, 0.1) is 0 Å². The fraction of sp³-hybridized carbons (Fsp3) is 0.500. The molecule has 0 amide bonds. The number of nitrogens with two attached hydrogens (primary N) is 1. The fourth-order valence-corrected chi connectivity index (χ4v) is 3.13. The third kappa shape index (κ3) is 3.04. The number of halogens is 1. The van der Waals surface area contributed by atoms with Crippen molar-refractivity contribution in [1.29, 1.82) is 0 Å². The van der Waals surface area contributed by atoms with E-state index >= 15 is 0 Å². The first kappa shape index (κ1) is 12.7. The van der Waals surface area contributed by atoms with Gasteiger partial charge in [0, 0.05) is 12.6 Å². The smallest absolute Gasteiger partial charge is 0.244 e. The van der Waals surface area contributed by atoms with Crippen LogP contribution in [-0.4, -0.2) is 15.0 Å². The van der Waals surface area contributed by atoms with E-state index in [0.717, 1.165) is 6.42 Å². The van der Waals surface area contributed by atoms with E-state index in [1.165, 1.54) is 6.07 Å². The SMILES string of the molecule is CCCNS(=O)(=O)c1cc(CN)oc1Br. The second-order valence-electron chi connectivity index (χ2n) is 2.95. The molecule has 0 atom stereocenters. The van der Waals surface area contributed by atoms with E-state index in [0.29, 0.717) is 12.3 Å². The average Bonchev–Trinajstić information content (AvgIpc) is 2.57. The zero-order valence-corrected chi connectivity index (χ0v) is 10.7. The van der Waals surface area contributed by atoms with Gasteiger partial charge in [-0.05, 0) is 22.4 Å². The van der Waals surface area contributed by atoms with Gasteiger partial charge in [0.05, 0.1) is 6.54 Å². The van der Waals surface area contributed by atoms with Crippen molar-refractivity contribution in [3.05, 3.63) is 16.5 Å². The van der Waals surface area contributed by atoms with Crippen LogP contribution < -0.4 is 10.5 Å². The average molecular weight is 297 g/mol. The highest BCUT2D eigenvalue weighted by atomic mass is 79.9. The Morgan fingerprint density at radius 2 is 2.27 bits per heavy atom. The summed E-state index contributed by atoms with van der Waals surface area (Å²) in [5.74, 6) is 0.429. The summed E-state index contributed by atoms with van der Waals surface area (Å²) in [7, 11) is -3.49. The molecule has 1 aromatic heterocycles. The molecule has 0 saturated heterocycles. The molecule has 7 heteroatoms. The first-order valence-electron chi connectivity index (χ1n) is 4.49. The third-order valence-electron chi connectivity index (χ3n) is 1.74. The van der Waals surface area contributed by atoms with Gasteiger partial charge < -0.3 is 10.2 Å². The minimum absolute atomic E-state index is 0.0939. The highest BCUT2D eigenvalue weighted by Crippen LogP contribution is 2.25. The second-order valence-corrected chi connectivity index (χ2v) is 5.41. The summed E-state index contributed by atoms with van der Waals surface area (Å²) >= 11 is 3.04. The van der Waals surface area contributed by atoms with Crippen molar-refractivity contribution in [3.63, 3.8) is 0 Å².